The molecule has 23 heavy (non-hydrogen) atoms. The number of nitrogens with zero attached hydrogens (tertiary/aromatic N) is 3. The predicted molar refractivity (Wildman–Crippen MR) is 77.7 cm³/mol. The summed E-state index contributed by atoms with van der Waals surface area (Å²) >= 11 is 0. The van der Waals surface area contributed by atoms with Crippen molar-refractivity contribution >= 4 is 17.8 Å². The number of hydrogen-bond acceptors (Lipinski definition) is 6. The lowest BCUT2D eigenvalue weighted by Crippen LogP contribution is -2.34. The molecule has 0 aromatic carbocycles. The Kier molecular flexibility index (Phi) is 5.30. The molecule has 1 aliphatic carbocycles. The summed E-state index contributed by atoms with van der Waals surface area (Å²) in [6, 6.07) is 0. The first-order valence-corrected chi connectivity index (χ1v) is 7.47. The predicted octanol–water partition coefficient (Wildman–Crippen LogP) is 1.53. The molecule has 0 spiro atoms. The zero-order chi connectivity index (χ0) is 17.0. The van der Waals surface area contributed by atoms with E-state index in [1.54, 1.807) is 6.92 Å². The van der Waals surface area contributed by atoms with Crippen LogP contribution >= 0.6 is 0 Å². The van der Waals surface area contributed by atoms with E-state index >= 15 is 0 Å². The Hall–Kier alpha value is -2.45. The van der Waals surface area contributed by atoms with E-state index in [2.05, 4.69) is 4.98 Å². The summed E-state index contributed by atoms with van der Waals surface area (Å²) in [6.45, 7) is 1.68. The van der Waals surface area contributed by atoms with E-state index in [0.717, 1.165) is 19.0 Å². The number of carboxylic acid groups (broad SMARTS) is 1. The van der Waals surface area contributed by atoms with E-state index in [-0.39, 0.29) is 19.0 Å². The number of carbonyl (C=O) groups excluding carboxylic acids is 1. The average Bonchev–Trinajstić information content (AvgIpc) is 2.88. The fourth-order valence-corrected chi connectivity index (χ4v) is 2.93. The lowest BCUT2D eigenvalue weighted by Gasteiger charge is -2.26. The van der Waals surface area contributed by atoms with Crippen LogP contribution in [0.15, 0.2) is 6.20 Å². The second-order valence-electron chi connectivity index (χ2n) is 5.58. The molecule has 1 N–H and O–H groups in total. The van der Waals surface area contributed by atoms with Gasteiger partial charge in [-0.1, -0.05) is 12.8 Å². The molecule has 1 aromatic rings. The SMILES string of the molecule is Cc1ncc([N+](=O)[O-])n1CCOC(=O)[C@@H]1CCCC[C@@H]1C(=O)O. The molecule has 1 aromatic heterocycles. The minimum absolute atomic E-state index is 0.0558. The van der Waals surface area contributed by atoms with Gasteiger partial charge in [0.15, 0.2) is 5.82 Å². The number of ether oxygens (including phenoxy) is 1. The van der Waals surface area contributed by atoms with Gasteiger partial charge in [0.2, 0.25) is 0 Å². The summed E-state index contributed by atoms with van der Waals surface area (Å²) in [5.41, 5.74) is 0. The van der Waals surface area contributed by atoms with Crippen LogP contribution in [0.4, 0.5) is 5.82 Å². The fourth-order valence-electron chi connectivity index (χ4n) is 2.93. The number of nitro groups is 1. The molecule has 1 aliphatic rings. The Morgan fingerprint density at radius 2 is 2.09 bits per heavy atom. The van der Waals surface area contributed by atoms with Gasteiger partial charge in [0.1, 0.15) is 19.3 Å². The number of carbonyl (C=O) groups is 2. The van der Waals surface area contributed by atoms with Crippen molar-refractivity contribution in [2.24, 2.45) is 11.8 Å². The fraction of sp³-hybridized carbons (Fsp3) is 0.643. The Bertz CT molecular complexity index is 612. The molecule has 0 unspecified atom stereocenters. The monoisotopic (exact) mass is 325 g/mol. The average molecular weight is 325 g/mol. The Balaban J connectivity index is 1.93. The molecule has 0 saturated heterocycles. The molecule has 9 heteroatoms. The van der Waals surface area contributed by atoms with Crippen LogP contribution in [0.1, 0.15) is 31.5 Å². The Morgan fingerprint density at radius 3 is 2.70 bits per heavy atom. The summed E-state index contributed by atoms with van der Waals surface area (Å²) in [5, 5.41) is 20.0. The van der Waals surface area contributed by atoms with Crippen molar-refractivity contribution in [1.82, 2.24) is 9.55 Å². The third kappa shape index (κ3) is 3.85. The van der Waals surface area contributed by atoms with E-state index in [1.807, 2.05) is 0 Å². The van der Waals surface area contributed by atoms with Gasteiger partial charge in [0.25, 0.3) is 0 Å². The van der Waals surface area contributed by atoms with E-state index in [0.29, 0.717) is 18.7 Å². The van der Waals surface area contributed by atoms with Crippen LogP contribution < -0.4 is 0 Å². The molecular formula is C14H19N3O6. The van der Waals surface area contributed by atoms with Crippen LogP contribution in [-0.4, -0.2) is 38.1 Å². The Labute approximate surface area is 132 Å². The number of esters is 1. The van der Waals surface area contributed by atoms with Gasteiger partial charge in [-0.05, 0) is 17.8 Å². The molecule has 0 amide bonds. The summed E-state index contributed by atoms with van der Waals surface area (Å²) in [5.74, 6) is -2.58. The van der Waals surface area contributed by atoms with Crippen molar-refractivity contribution in [3.8, 4) is 0 Å². The van der Waals surface area contributed by atoms with Crippen LogP contribution in [0, 0.1) is 28.9 Å². The maximum absolute atomic E-state index is 12.1. The number of carboxylic acids is 1. The molecule has 2 rings (SSSR count). The molecule has 0 bridgehead atoms. The largest absolute Gasteiger partial charge is 0.481 e. The first-order chi connectivity index (χ1) is 10.9. The number of rotatable bonds is 6. The van der Waals surface area contributed by atoms with Gasteiger partial charge in [-0.3, -0.25) is 9.59 Å². The molecule has 9 nitrogen and oxygen atoms in total. The Morgan fingerprint density at radius 1 is 1.43 bits per heavy atom. The molecule has 1 fully saturated rings. The summed E-state index contributed by atoms with van der Waals surface area (Å²) < 4.78 is 6.50. The molecule has 0 radical (unpaired) electrons. The summed E-state index contributed by atoms with van der Waals surface area (Å²) in [4.78, 5) is 37.5. The molecule has 126 valence electrons. The second-order valence-corrected chi connectivity index (χ2v) is 5.58. The van der Waals surface area contributed by atoms with Crippen LogP contribution in [0.3, 0.4) is 0 Å². The summed E-state index contributed by atoms with van der Waals surface area (Å²) in [6.07, 6.45) is 3.72. The van der Waals surface area contributed by atoms with Gasteiger partial charge in [-0.2, -0.15) is 0 Å². The van der Waals surface area contributed by atoms with Gasteiger partial charge in [-0.15, -0.1) is 0 Å². The number of aromatic nitrogens is 2. The molecular weight excluding hydrogens is 306 g/mol. The van der Waals surface area contributed by atoms with Crippen LogP contribution in [0.25, 0.3) is 0 Å². The number of imidazole rings is 1. The van der Waals surface area contributed by atoms with Crippen LogP contribution in [0.5, 0.6) is 0 Å². The van der Waals surface area contributed by atoms with Crippen molar-refractivity contribution in [2.45, 2.75) is 39.2 Å². The summed E-state index contributed by atoms with van der Waals surface area (Å²) in [7, 11) is 0. The van der Waals surface area contributed by atoms with E-state index in [9.17, 15) is 24.8 Å². The van der Waals surface area contributed by atoms with Crippen molar-refractivity contribution in [3.05, 3.63) is 22.1 Å². The van der Waals surface area contributed by atoms with E-state index in [1.165, 1.54) is 4.57 Å². The topological polar surface area (TPSA) is 125 Å². The molecule has 1 saturated carbocycles. The number of aliphatic carboxylic acids is 1. The van der Waals surface area contributed by atoms with Crippen molar-refractivity contribution in [1.29, 1.82) is 0 Å². The lowest BCUT2D eigenvalue weighted by atomic mass is 9.79. The van der Waals surface area contributed by atoms with Gasteiger partial charge >= 0.3 is 17.8 Å². The smallest absolute Gasteiger partial charge is 0.342 e. The second kappa shape index (κ2) is 7.21. The minimum atomic E-state index is -0.979. The highest BCUT2D eigenvalue weighted by Gasteiger charge is 2.36. The first kappa shape index (κ1) is 16.9. The third-order valence-corrected chi connectivity index (χ3v) is 4.17. The van der Waals surface area contributed by atoms with Crippen molar-refractivity contribution in [2.75, 3.05) is 6.61 Å². The first-order valence-electron chi connectivity index (χ1n) is 7.47. The highest BCUT2D eigenvalue weighted by atomic mass is 16.6. The van der Waals surface area contributed by atoms with Gasteiger partial charge < -0.3 is 20.0 Å². The standard InChI is InChI=1S/C14H19N3O6/c1-9-15-8-12(17(21)22)16(9)6-7-23-14(20)11-5-3-2-4-10(11)13(18)19/h8,10-11H,2-7H2,1H3,(H,18,19)/t10-,11+/m0/s1. The number of aryl methyl sites for hydroxylation is 1. The van der Waals surface area contributed by atoms with Gasteiger partial charge in [-0.25, -0.2) is 9.55 Å². The lowest BCUT2D eigenvalue weighted by molar-refractivity contribution is -0.392. The molecule has 0 aliphatic heterocycles. The normalized spacial score (nSPS) is 20.9. The van der Waals surface area contributed by atoms with Crippen LogP contribution in [0.2, 0.25) is 0 Å². The zero-order valence-electron chi connectivity index (χ0n) is 12.8. The van der Waals surface area contributed by atoms with Crippen molar-refractivity contribution < 1.29 is 24.4 Å². The van der Waals surface area contributed by atoms with Crippen molar-refractivity contribution in [3.63, 3.8) is 0 Å². The highest BCUT2D eigenvalue weighted by molar-refractivity contribution is 5.81. The molecule has 2 atom stereocenters. The highest BCUT2D eigenvalue weighted by Crippen LogP contribution is 2.31. The quantitative estimate of drug-likeness (QED) is 0.477. The van der Waals surface area contributed by atoms with Gasteiger partial charge in [0.05, 0.1) is 11.8 Å². The maximum atomic E-state index is 12.1. The number of hydrogen-bond donors (Lipinski definition) is 1. The maximum Gasteiger partial charge on any atom is 0.342 e. The molecule has 1 heterocycles. The van der Waals surface area contributed by atoms with E-state index in [4.69, 9.17) is 4.74 Å². The van der Waals surface area contributed by atoms with Gasteiger partial charge in [0, 0.05) is 6.92 Å². The van der Waals surface area contributed by atoms with Crippen LogP contribution in [-0.2, 0) is 20.9 Å². The third-order valence-electron chi connectivity index (χ3n) is 4.17. The minimum Gasteiger partial charge on any atom is -0.481 e. The zero-order valence-corrected chi connectivity index (χ0v) is 12.8. The van der Waals surface area contributed by atoms with E-state index < -0.39 is 28.7 Å².